The maximum absolute atomic E-state index is 12.2. The molecule has 0 aromatic heterocycles. The van der Waals surface area contributed by atoms with E-state index in [0.717, 1.165) is 18.5 Å². The van der Waals surface area contributed by atoms with Crippen LogP contribution in [0.3, 0.4) is 0 Å². The number of para-hydroxylation sites is 1. The zero-order valence-corrected chi connectivity index (χ0v) is 11.9. The molecule has 1 aliphatic rings. The summed E-state index contributed by atoms with van der Waals surface area (Å²) in [6.07, 6.45) is 2.10. The Bertz CT molecular complexity index is 583. The molecule has 3 heteroatoms. The van der Waals surface area contributed by atoms with Crippen LogP contribution in [0.5, 0.6) is 0 Å². The van der Waals surface area contributed by atoms with Gasteiger partial charge in [0.15, 0.2) is 11.9 Å². The summed E-state index contributed by atoms with van der Waals surface area (Å²) in [6, 6.07) is 19.8. The van der Waals surface area contributed by atoms with Gasteiger partial charge in [-0.2, -0.15) is 0 Å². The first-order valence-electron chi connectivity index (χ1n) is 7.39. The highest BCUT2D eigenvalue weighted by atomic mass is 16.7. The molecular weight excluding hydrogens is 262 g/mol. The van der Waals surface area contributed by atoms with Gasteiger partial charge in [0.1, 0.15) is 0 Å². The predicted octanol–water partition coefficient (Wildman–Crippen LogP) is 3.94. The molecule has 0 amide bonds. The van der Waals surface area contributed by atoms with E-state index in [1.807, 2.05) is 48.5 Å². The van der Waals surface area contributed by atoms with Gasteiger partial charge in [-0.3, -0.25) is 15.1 Å². The van der Waals surface area contributed by atoms with Gasteiger partial charge in [-0.05, 0) is 30.5 Å². The molecule has 3 rings (SSSR count). The lowest BCUT2D eigenvalue weighted by Crippen LogP contribution is -2.36. The zero-order chi connectivity index (χ0) is 14.5. The second-order valence-corrected chi connectivity index (χ2v) is 5.38. The van der Waals surface area contributed by atoms with Gasteiger partial charge in [-0.25, -0.2) is 0 Å². The molecule has 0 radical (unpaired) electrons. The molecule has 0 heterocycles. The molecule has 21 heavy (non-hydrogen) atoms. The van der Waals surface area contributed by atoms with Crippen LogP contribution in [0.25, 0.3) is 0 Å². The van der Waals surface area contributed by atoms with Crippen molar-refractivity contribution in [2.75, 3.05) is 5.48 Å². The molecule has 0 spiro atoms. The summed E-state index contributed by atoms with van der Waals surface area (Å²) >= 11 is 0. The molecule has 1 fully saturated rings. The number of nitrogens with one attached hydrogen (secondary N) is 1. The van der Waals surface area contributed by atoms with Gasteiger partial charge in [0, 0.05) is 12.3 Å². The van der Waals surface area contributed by atoms with Crippen molar-refractivity contribution in [2.24, 2.45) is 0 Å². The number of anilines is 1. The van der Waals surface area contributed by atoms with Crippen LogP contribution in [0, 0.1) is 0 Å². The second kappa shape index (κ2) is 6.55. The van der Waals surface area contributed by atoms with Crippen molar-refractivity contribution in [3.8, 4) is 0 Å². The lowest BCUT2D eigenvalue weighted by molar-refractivity contribution is -0.132. The van der Waals surface area contributed by atoms with Crippen LogP contribution in [0.1, 0.15) is 30.7 Å². The Balaban J connectivity index is 1.74. The highest BCUT2D eigenvalue weighted by Gasteiger charge is 2.34. The Hall–Kier alpha value is -2.13. The van der Waals surface area contributed by atoms with E-state index in [9.17, 15) is 4.79 Å². The van der Waals surface area contributed by atoms with E-state index in [1.54, 1.807) is 0 Å². The summed E-state index contributed by atoms with van der Waals surface area (Å²) in [5.41, 5.74) is 4.96. The van der Waals surface area contributed by atoms with Crippen LogP contribution in [0.4, 0.5) is 5.69 Å². The van der Waals surface area contributed by atoms with Gasteiger partial charge in [-0.15, -0.1) is 0 Å². The molecule has 2 aromatic rings. The average molecular weight is 281 g/mol. The van der Waals surface area contributed by atoms with Crippen molar-refractivity contribution in [1.29, 1.82) is 0 Å². The number of rotatable bonds is 4. The van der Waals surface area contributed by atoms with E-state index in [4.69, 9.17) is 4.84 Å². The van der Waals surface area contributed by atoms with Gasteiger partial charge in [0.25, 0.3) is 0 Å². The number of benzene rings is 2. The molecule has 0 aliphatic heterocycles. The fourth-order valence-corrected chi connectivity index (χ4v) is 2.84. The largest absolute Gasteiger partial charge is 0.297 e. The number of ketones is 1. The maximum atomic E-state index is 12.2. The van der Waals surface area contributed by atoms with Gasteiger partial charge in [0.05, 0.1) is 5.69 Å². The van der Waals surface area contributed by atoms with Crippen LogP contribution in [-0.4, -0.2) is 11.9 Å². The van der Waals surface area contributed by atoms with Crippen molar-refractivity contribution in [1.82, 2.24) is 0 Å². The van der Waals surface area contributed by atoms with E-state index in [2.05, 4.69) is 17.6 Å². The first kappa shape index (κ1) is 13.8. The Labute approximate surface area is 124 Å². The topological polar surface area (TPSA) is 38.3 Å². The quantitative estimate of drug-likeness (QED) is 0.863. The summed E-state index contributed by atoms with van der Waals surface area (Å²) in [6.45, 7) is 0. The van der Waals surface area contributed by atoms with Crippen molar-refractivity contribution in [3.05, 3.63) is 66.2 Å². The molecule has 0 unspecified atom stereocenters. The van der Waals surface area contributed by atoms with Crippen molar-refractivity contribution < 1.29 is 9.63 Å². The first-order chi connectivity index (χ1) is 10.3. The monoisotopic (exact) mass is 281 g/mol. The standard InChI is InChI=1S/C18H19NO2/c20-17-13-7-12-16(14-8-3-1-4-9-14)18(17)21-19-15-10-5-2-6-11-15/h1-6,8-11,16,18-19H,7,12-13H2/t16-,18+/m0/s1. The van der Waals surface area contributed by atoms with Crippen LogP contribution in [0.15, 0.2) is 60.7 Å². The third kappa shape index (κ3) is 3.31. The third-order valence-electron chi connectivity index (χ3n) is 3.93. The molecule has 1 saturated carbocycles. The van der Waals surface area contributed by atoms with E-state index < -0.39 is 6.10 Å². The molecule has 0 bridgehead atoms. The summed E-state index contributed by atoms with van der Waals surface area (Å²) in [7, 11) is 0. The highest BCUT2D eigenvalue weighted by molar-refractivity contribution is 5.85. The molecule has 108 valence electrons. The lowest BCUT2D eigenvalue weighted by atomic mass is 9.81. The number of carbonyl (C=O) groups excluding carboxylic acids is 1. The number of carbonyl (C=O) groups is 1. The van der Waals surface area contributed by atoms with Crippen LogP contribution in [-0.2, 0) is 9.63 Å². The Kier molecular flexibility index (Phi) is 4.31. The van der Waals surface area contributed by atoms with E-state index in [-0.39, 0.29) is 11.7 Å². The average Bonchev–Trinajstić information content (AvgIpc) is 2.55. The lowest BCUT2D eigenvalue weighted by Gasteiger charge is -2.30. The minimum atomic E-state index is -0.415. The molecule has 1 aliphatic carbocycles. The second-order valence-electron chi connectivity index (χ2n) is 5.38. The van der Waals surface area contributed by atoms with E-state index in [1.165, 1.54) is 5.56 Å². The molecule has 2 aromatic carbocycles. The van der Waals surface area contributed by atoms with Gasteiger partial charge in [0.2, 0.25) is 0 Å². The summed E-state index contributed by atoms with van der Waals surface area (Å²) in [4.78, 5) is 18.0. The molecule has 1 N–H and O–H groups in total. The normalized spacial score (nSPS) is 22.0. The van der Waals surface area contributed by atoms with Crippen molar-refractivity contribution >= 4 is 11.5 Å². The molecule has 3 nitrogen and oxygen atoms in total. The molecule has 0 saturated heterocycles. The van der Waals surface area contributed by atoms with Crippen LogP contribution in [0.2, 0.25) is 0 Å². The summed E-state index contributed by atoms with van der Waals surface area (Å²) in [5.74, 6) is 0.308. The summed E-state index contributed by atoms with van der Waals surface area (Å²) in [5, 5.41) is 0. The van der Waals surface area contributed by atoms with Gasteiger partial charge >= 0.3 is 0 Å². The molecule has 2 atom stereocenters. The number of hydrogen-bond donors (Lipinski definition) is 1. The summed E-state index contributed by atoms with van der Waals surface area (Å²) < 4.78 is 0. The minimum Gasteiger partial charge on any atom is -0.297 e. The van der Waals surface area contributed by atoms with E-state index in [0.29, 0.717) is 6.42 Å². The van der Waals surface area contributed by atoms with Crippen LogP contribution >= 0.6 is 0 Å². The Morgan fingerprint density at radius 2 is 1.62 bits per heavy atom. The Morgan fingerprint density at radius 3 is 2.33 bits per heavy atom. The zero-order valence-electron chi connectivity index (χ0n) is 11.9. The minimum absolute atomic E-state index is 0.128. The number of Topliss-reactive ketones (excluding diaryl/α,β-unsaturated/α-hetero) is 1. The number of hydrogen-bond acceptors (Lipinski definition) is 3. The third-order valence-corrected chi connectivity index (χ3v) is 3.93. The van der Waals surface area contributed by atoms with Crippen LogP contribution < -0.4 is 5.48 Å². The van der Waals surface area contributed by atoms with Gasteiger partial charge in [-0.1, -0.05) is 48.5 Å². The van der Waals surface area contributed by atoms with Crippen molar-refractivity contribution in [3.63, 3.8) is 0 Å². The predicted molar refractivity (Wildman–Crippen MR) is 83.0 cm³/mol. The van der Waals surface area contributed by atoms with E-state index >= 15 is 0 Å². The maximum Gasteiger partial charge on any atom is 0.164 e. The van der Waals surface area contributed by atoms with Gasteiger partial charge < -0.3 is 0 Å². The molecular formula is C18H19NO2. The Morgan fingerprint density at radius 1 is 0.952 bits per heavy atom. The fraction of sp³-hybridized carbons (Fsp3) is 0.278. The SMILES string of the molecule is O=C1CCC[C@@H](c2ccccc2)[C@H]1ONc1ccccc1. The van der Waals surface area contributed by atoms with Crippen molar-refractivity contribution in [2.45, 2.75) is 31.3 Å². The smallest absolute Gasteiger partial charge is 0.164 e. The fourth-order valence-electron chi connectivity index (χ4n) is 2.84. The highest BCUT2D eigenvalue weighted by Crippen LogP contribution is 2.33. The first-order valence-corrected chi connectivity index (χ1v) is 7.39.